The average molecular weight is 303 g/mol. The Kier molecular flexibility index (Phi) is 3.32. The van der Waals surface area contributed by atoms with E-state index in [9.17, 15) is 5.26 Å². The molecule has 0 aromatic heterocycles. The van der Waals surface area contributed by atoms with Gasteiger partial charge in [0.15, 0.2) is 0 Å². The molecule has 112 valence electrons. The molecule has 1 aliphatic rings. The lowest BCUT2D eigenvalue weighted by Crippen LogP contribution is -2.24. The van der Waals surface area contributed by atoms with Crippen molar-refractivity contribution < 1.29 is 14.5 Å². The van der Waals surface area contributed by atoms with Crippen LogP contribution in [0, 0.1) is 11.3 Å². The molecule has 1 saturated heterocycles. The summed E-state index contributed by atoms with van der Waals surface area (Å²) in [6.45, 7) is 0. The van der Waals surface area contributed by atoms with Gasteiger partial charge in [-0.05, 0) is 16.8 Å². The molecule has 2 atom stereocenters. The first-order valence-corrected chi connectivity index (χ1v) is 7.28. The van der Waals surface area contributed by atoms with Crippen LogP contribution < -0.4 is 0 Å². The van der Waals surface area contributed by atoms with Gasteiger partial charge in [-0.25, -0.2) is 0 Å². The summed E-state index contributed by atoms with van der Waals surface area (Å²) in [4.78, 5) is 10.6. The Morgan fingerprint density at radius 1 is 0.870 bits per heavy atom. The van der Waals surface area contributed by atoms with Gasteiger partial charge in [0, 0.05) is 11.1 Å². The zero-order chi connectivity index (χ0) is 15.7. The summed E-state index contributed by atoms with van der Waals surface area (Å²) in [7, 11) is 0. The predicted molar refractivity (Wildman–Crippen MR) is 83.7 cm³/mol. The highest BCUT2D eigenvalue weighted by Gasteiger charge is 2.46. The number of benzene rings is 3. The third kappa shape index (κ3) is 2.37. The summed E-state index contributed by atoms with van der Waals surface area (Å²) in [5.74, 6) is -1.54. The highest BCUT2D eigenvalue weighted by atomic mass is 17.3. The van der Waals surface area contributed by atoms with Crippen LogP contribution in [0.5, 0.6) is 0 Å². The van der Waals surface area contributed by atoms with E-state index in [1.807, 2.05) is 60.7 Å². The van der Waals surface area contributed by atoms with E-state index in [1.54, 1.807) is 12.1 Å². The van der Waals surface area contributed by atoms with Gasteiger partial charge in [-0.15, -0.1) is 0 Å². The van der Waals surface area contributed by atoms with Gasteiger partial charge < -0.3 is 0 Å². The van der Waals surface area contributed by atoms with E-state index in [2.05, 4.69) is 6.07 Å². The Morgan fingerprint density at radius 2 is 1.61 bits per heavy atom. The van der Waals surface area contributed by atoms with Crippen LogP contribution in [0.25, 0.3) is 10.8 Å². The van der Waals surface area contributed by atoms with Gasteiger partial charge in [0.2, 0.25) is 6.29 Å². The normalized spacial score (nSPS) is 23.7. The topological polar surface area (TPSA) is 51.5 Å². The molecule has 2 unspecified atom stereocenters. The van der Waals surface area contributed by atoms with Crippen LogP contribution in [0.2, 0.25) is 0 Å². The number of fused-ring (bicyclic) bond motifs is 1. The second-order valence-corrected chi connectivity index (χ2v) is 5.33. The zero-order valence-electron chi connectivity index (χ0n) is 12.2. The first-order chi connectivity index (χ1) is 11.3. The van der Waals surface area contributed by atoms with Crippen LogP contribution in [-0.4, -0.2) is 0 Å². The van der Waals surface area contributed by atoms with Crippen molar-refractivity contribution in [3.63, 3.8) is 0 Å². The third-order valence-electron chi connectivity index (χ3n) is 3.87. The molecular weight excluding hydrogens is 290 g/mol. The Hall–Kier alpha value is -2.71. The van der Waals surface area contributed by atoms with Gasteiger partial charge in [-0.3, -0.25) is 4.74 Å². The van der Waals surface area contributed by atoms with Crippen molar-refractivity contribution in [3.05, 3.63) is 83.9 Å². The largest absolute Gasteiger partial charge is 0.318 e. The van der Waals surface area contributed by atoms with E-state index in [1.165, 1.54) is 0 Å². The molecule has 1 aliphatic heterocycles. The fourth-order valence-electron chi connectivity index (χ4n) is 2.66. The lowest BCUT2D eigenvalue weighted by molar-refractivity contribution is -0.321. The molecule has 0 N–H and O–H groups in total. The number of hydrogen-bond acceptors (Lipinski definition) is 4. The fourth-order valence-corrected chi connectivity index (χ4v) is 2.66. The second kappa shape index (κ2) is 5.49. The van der Waals surface area contributed by atoms with Crippen molar-refractivity contribution in [2.75, 3.05) is 0 Å². The molecule has 4 nitrogen and oxygen atoms in total. The standard InChI is InChI=1S/C19H13NO3/c20-13-19(17-8-2-1-3-9-17)21-18(22-23-19)16-11-10-14-6-4-5-7-15(14)12-16/h1-12,18H. The van der Waals surface area contributed by atoms with Crippen LogP contribution in [-0.2, 0) is 20.3 Å². The van der Waals surface area contributed by atoms with E-state index in [4.69, 9.17) is 14.5 Å². The maximum Gasteiger partial charge on any atom is 0.318 e. The highest BCUT2D eigenvalue weighted by Crippen LogP contribution is 2.41. The van der Waals surface area contributed by atoms with E-state index in [0.29, 0.717) is 5.56 Å². The van der Waals surface area contributed by atoms with Gasteiger partial charge in [0.1, 0.15) is 6.07 Å². The summed E-state index contributed by atoms with van der Waals surface area (Å²) < 4.78 is 5.81. The summed E-state index contributed by atoms with van der Waals surface area (Å²) in [5, 5.41) is 11.7. The van der Waals surface area contributed by atoms with Gasteiger partial charge in [-0.1, -0.05) is 66.7 Å². The predicted octanol–water partition coefficient (Wildman–Crippen LogP) is 4.19. The second-order valence-electron chi connectivity index (χ2n) is 5.33. The molecule has 1 fully saturated rings. The summed E-state index contributed by atoms with van der Waals surface area (Å²) >= 11 is 0. The zero-order valence-corrected chi connectivity index (χ0v) is 12.2. The van der Waals surface area contributed by atoms with Crippen LogP contribution >= 0.6 is 0 Å². The Balaban J connectivity index is 1.68. The average Bonchev–Trinajstić information content (AvgIpc) is 3.08. The summed E-state index contributed by atoms with van der Waals surface area (Å²) in [6, 6.07) is 25.0. The van der Waals surface area contributed by atoms with E-state index < -0.39 is 12.1 Å². The Morgan fingerprint density at radius 3 is 2.39 bits per heavy atom. The van der Waals surface area contributed by atoms with Crippen molar-refractivity contribution in [1.29, 1.82) is 5.26 Å². The van der Waals surface area contributed by atoms with Crippen LogP contribution in [0.15, 0.2) is 72.8 Å². The third-order valence-corrected chi connectivity index (χ3v) is 3.87. The first kappa shape index (κ1) is 13.9. The quantitative estimate of drug-likeness (QED) is 0.666. The summed E-state index contributed by atoms with van der Waals surface area (Å²) in [6.07, 6.45) is -0.750. The van der Waals surface area contributed by atoms with Crippen LogP contribution in [0.3, 0.4) is 0 Å². The van der Waals surface area contributed by atoms with Crippen molar-refractivity contribution >= 4 is 10.8 Å². The van der Waals surface area contributed by atoms with Crippen molar-refractivity contribution in [2.45, 2.75) is 12.1 Å². The van der Waals surface area contributed by atoms with Gasteiger partial charge >= 0.3 is 5.79 Å². The van der Waals surface area contributed by atoms with Gasteiger partial charge in [0.05, 0.1) is 0 Å². The Bertz CT molecular complexity index is 888. The Labute approximate surface area is 133 Å². The maximum absolute atomic E-state index is 9.53. The molecule has 23 heavy (non-hydrogen) atoms. The maximum atomic E-state index is 9.53. The molecule has 4 heteroatoms. The minimum atomic E-state index is -1.54. The van der Waals surface area contributed by atoms with Crippen molar-refractivity contribution in [2.24, 2.45) is 0 Å². The van der Waals surface area contributed by atoms with Gasteiger partial charge in [-0.2, -0.15) is 15.0 Å². The molecular formula is C19H13NO3. The highest BCUT2D eigenvalue weighted by molar-refractivity contribution is 5.83. The number of nitriles is 1. The summed E-state index contributed by atoms with van der Waals surface area (Å²) in [5.41, 5.74) is 1.41. The number of nitrogens with zero attached hydrogens (tertiary/aromatic N) is 1. The molecule has 0 aliphatic carbocycles. The van der Waals surface area contributed by atoms with Crippen molar-refractivity contribution in [1.82, 2.24) is 0 Å². The minimum Gasteiger partial charge on any atom is -0.295 e. The van der Waals surface area contributed by atoms with Crippen LogP contribution in [0.4, 0.5) is 0 Å². The number of rotatable bonds is 2. The lowest BCUT2D eigenvalue weighted by atomic mass is 10.1. The molecule has 0 spiro atoms. The molecule has 4 rings (SSSR count). The number of ether oxygens (including phenoxy) is 1. The molecule has 0 amide bonds. The fraction of sp³-hybridized carbons (Fsp3) is 0.105. The van der Waals surface area contributed by atoms with Crippen molar-refractivity contribution in [3.8, 4) is 6.07 Å². The van der Waals surface area contributed by atoms with Crippen LogP contribution in [0.1, 0.15) is 17.4 Å². The van der Waals surface area contributed by atoms with Gasteiger partial charge in [0.25, 0.3) is 0 Å². The molecule has 0 bridgehead atoms. The minimum absolute atomic E-state index is 0.603. The molecule has 0 saturated carbocycles. The molecule has 0 radical (unpaired) electrons. The smallest absolute Gasteiger partial charge is 0.295 e. The monoisotopic (exact) mass is 303 g/mol. The number of hydrogen-bond donors (Lipinski definition) is 0. The van der Waals surface area contributed by atoms with E-state index in [-0.39, 0.29) is 0 Å². The first-order valence-electron chi connectivity index (χ1n) is 7.28. The lowest BCUT2D eigenvalue weighted by Gasteiger charge is -2.17. The molecule has 3 aromatic carbocycles. The SMILES string of the molecule is N#CC1(c2ccccc2)OOC(c2ccc3ccccc3c2)O1. The molecule has 3 aromatic rings. The van der Waals surface area contributed by atoms with E-state index >= 15 is 0 Å². The van der Waals surface area contributed by atoms with E-state index in [0.717, 1.165) is 16.3 Å². The molecule has 1 heterocycles.